The Kier molecular flexibility index (Phi) is 3.86. The van der Waals surface area contributed by atoms with Gasteiger partial charge in [0.15, 0.2) is 0 Å². The highest BCUT2D eigenvalue weighted by Crippen LogP contribution is 2.31. The van der Waals surface area contributed by atoms with Gasteiger partial charge in [-0.2, -0.15) is 0 Å². The predicted molar refractivity (Wildman–Crippen MR) is 65.4 cm³/mol. The second kappa shape index (κ2) is 5.38. The fourth-order valence-corrected chi connectivity index (χ4v) is 2.23. The third-order valence-electron chi connectivity index (χ3n) is 3.20. The second-order valence-electron chi connectivity index (χ2n) is 4.38. The van der Waals surface area contributed by atoms with Crippen LogP contribution >= 0.6 is 0 Å². The number of rotatable bonds is 5. The van der Waals surface area contributed by atoms with Crippen LogP contribution in [0.3, 0.4) is 0 Å². The van der Waals surface area contributed by atoms with Crippen LogP contribution in [0.1, 0.15) is 5.56 Å². The molecule has 2 rings (SSSR count). The van der Waals surface area contributed by atoms with Crippen molar-refractivity contribution in [3.8, 4) is 11.5 Å². The summed E-state index contributed by atoms with van der Waals surface area (Å²) in [5, 5.41) is 9.00. The zero-order valence-electron chi connectivity index (χ0n) is 10.3. The maximum Gasteiger partial charge on any atom is 0.127 e. The molecule has 1 fully saturated rings. The predicted octanol–water partition coefficient (Wildman–Crippen LogP) is 1.13. The molecule has 1 aromatic rings. The highest BCUT2D eigenvalue weighted by Gasteiger charge is 2.27. The van der Waals surface area contributed by atoms with Crippen molar-refractivity contribution in [3.63, 3.8) is 0 Å². The van der Waals surface area contributed by atoms with Gasteiger partial charge < -0.3 is 14.6 Å². The standard InChI is InChI=1S/C13H19NO3/c1-16-12-4-3-5-13(17-2)11(12)8-14-6-10(7-14)9-15/h3-5,10,15H,6-9H2,1-2H3. The lowest BCUT2D eigenvalue weighted by Gasteiger charge is -2.38. The van der Waals surface area contributed by atoms with E-state index >= 15 is 0 Å². The van der Waals surface area contributed by atoms with Gasteiger partial charge in [-0.3, -0.25) is 4.90 Å². The molecule has 0 atom stereocenters. The molecule has 4 heteroatoms. The summed E-state index contributed by atoms with van der Waals surface area (Å²) < 4.78 is 10.7. The second-order valence-corrected chi connectivity index (χ2v) is 4.38. The molecular formula is C13H19NO3. The highest BCUT2D eigenvalue weighted by atomic mass is 16.5. The highest BCUT2D eigenvalue weighted by molar-refractivity contribution is 5.44. The van der Waals surface area contributed by atoms with Gasteiger partial charge >= 0.3 is 0 Å². The van der Waals surface area contributed by atoms with Crippen LogP contribution in [0.15, 0.2) is 18.2 Å². The van der Waals surface area contributed by atoms with Gasteiger partial charge in [-0.15, -0.1) is 0 Å². The first kappa shape index (κ1) is 12.2. The van der Waals surface area contributed by atoms with E-state index in [0.29, 0.717) is 5.92 Å². The molecule has 94 valence electrons. The Hall–Kier alpha value is -1.26. The molecule has 0 bridgehead atoms. The van der Waals surface area contributed by atoms with Gasteiger partial charge in [0.1, 0.15) is 11.5 Å². The molecule has 0 unspecified atom stereocenters. The number of aliphatic hydroxyl groups is 1. The Labute approximate surface area is 102 Å². The van der Waals surface area contributed by atoms with Crippen LogP contribution in [0, 0.1) is 5.92 Å². The largest absolute Gasteiger partial charge is 0.496 e. The molecule has 1 aliphatic heterocycles. The van der Waals surface area contributed by atoms with E-state index in [4.69, 9.17) is 14.6 Å². The number of nitrogens with zero attached hydrogens (tertiary/aromatic N) is 1. The molecule has 1 saturated heterocycles. The van der Waals surface area contributed by atoms with Crippen molar-refractivity contribution >= 4 is 0 Å². The summed E-state index contributed by atoms with van der Waals surface area (Å²) >= 11 is 0. The van der Waals surface area contributed by atoms with Crippen molar-refractivity contribution < 1.29 is 14.6 Å². The minimum atomic E-state index is 0.277. The number of hydrogen-bond donors (Lipinski definition) is 1. The molecule has 4 nitrogen and oxygen atoms in total. The van der Waals surface area contributed by atoms with Gasteiger partial charge in [0, 0.05) is 32.2 Å². The molecule has 0 spiro atoms. The summed E-state index contributed by atoms with van der Waals surface area (Å²) in [5.74, 6) is 2.14. The van der Waals surface area contributed by atoms with Crippen LogP contribution in [0.2, 0.25) is 0 Å². The summed E-state index contributed by atoms with van der Waals surface area (Å²) in [7, 11) is 3.34. The van der Waals surface area contributed by atoms with Crippen molar-refractivity contribution in [1.82, 2.24) is 4.90 Å². The van der Waals surface area contributed by atoms with Crippen LogP contribution in [0.4, 0.5) is 0 Å². The van der Waals surface area contributed by atoms with E-state index in [1.54, 1.807) is 14.2 Å². The van der Waals surface area contributed by atoms with Gasteiger partial charge in [0.25, 0.3) is 0 Å². The molecule has 0 aliphatic carbocycles. The van der Waals surface area contributed by atoms with Gasteiger partial charge in [0.2, 0.25) is 0 Å². The topological polar surface area (TPSA) is 41.9 Å². The fraction of sp³-hybridized carbons (Fsp3) is 0.538. The summed E-state index contributed by atoms with van der Waals surface area (Å²) in [5.41, 5.74) is 1.08. The zero-order valence-corrected chi connectivity index (χ0v) is 10.3. The van der Waals surface area contributed by atoms with Crippen molar-refractivity contribution in [2.75, 3.05) is 33.9 Å². The first-order valence-corrected chi connectivity index (χ1v) is 5.81. The average molecular weight is 237 g/mol. The molecule has 0 saturated carbocycles. The normalized spacial score (nSPS) is 16.6. The van der Waals surface area contributed by atoms with E-state index in [1.165, 1.54) is 0 Å². The molecule has 1 aromatic carbocycles. The molecule has 0 amide bonds. The summed E-state index contributed by atoms with van der Waals surface area (Å²) in [4.78, 5) is 2.28. The molecule has 0 aromatic heterocycles. The SMILES string of the molecule is COc1cccc(OC)c1CN1CC(CO)C1. The van der Waals surface area contributed by atoms with Crippen LogP contribution < -0.4 is 9.47 Å². The van der Waals surface area contributed by atoms with Gasteiger partial charge in [-0.1, -0.05) is 6.07 Å². The van der Waals surface area contributed by atoms with Gasteiger partial charge in [-0.05, 0) is 12.1 Å². The lowest BCUT2D eigenvalue weighted by Crippen LogP contribution is -2.47. The maximum atomic E-state index is 9.00. The first-order valence-electron chi connectivity index (χ1n) is 5.81. The van der Waals surface area contributed by atoms with Crippen molar-refractivity contribution in [2.24, 2.45) is 5.92 Å². The lowest BCUT2D eigenvalue weighted by molar-refractivity contribution is 0.0468. The van der Waals surface area contributed by atoms with Gasteiger partial charge in [-0.25, -0.2) is 0 Å². The Morgan fingerprint density at radius 1 is 1.24 bits per heavy atom. The maximum absolute atomic E-state index is 9.00. The molecular weight excluding hydrogens is 218 g/mol. The Balaban J connectivity index is 2.08. The molecule has 17 heavy (non-hydrogen) atoms. The summed E-state index contributed by atoms with van der Waals surface area (Å²) in [6.07, 6.45) is 0. The number of hydrogen-bond acceptors (Lipinski definition) is 4. The van der Waals surface area contributed by atoms with Crippen molar-refractivity contribution in [2.45, 2.75) is 6.54 Å². The van der Waals surface area contributed by atoms with Crippen LogP contribution in [0.5, 0.6) is 11.5 Å². The number of likely N-dealkylation sites (tertiary alicyclic amines) is 1. The van der Waals surface area contributed by atoms with E-state index < -0.39 is 0 Å². The third-order valence-corrected chi connectivity index (χ3v) is 3.20. The summed E-state index contributed by atoms with van der Waals surface area (Å²) in [6, 6.07) is 5.82. The number of ether oxygens (including phenoxy) is 2. The Bertz CT molecular complexity index is 353. The van der Waals surface area contributed by atoms with E-state index in [1.807, 2.05) is 18.2 Å². The van der Waals surface area contributed by atoms with Crippen LogP contribution in [-0.4, -0.2) is 43.9 Å². The minimum Gasteiger partial charge on any atom is -0.496 e. The third kappa shape index (κ3) is 2.53. The minimum absolute atomic E-state index is 0.277. The number of benzene rings is 1. The smallest absolute Gasteiger partial charge is 0.127 e. The molecule has 1 N–H and O–H groups in total. The Morgan fingerprint density at radius 3 is 2.29 bits per heavy atom. The molecule has 0 radical (unpaired) electrons. The first-order chi connectivity index (χ1) is 8.28. The summed E-state index contributed by atoms with van der Waals surface area (Å²) in [6.45, 7) is 2.97. The number of methoxy groups -OCH3 is 2. The van der Waals surface area contributed by atoms with E-state index in [-0.39, 0.29) is 6.61 Å². The van der Waals surface area contributed by atoms with Crippen molar-refractivity contribution in [3.05, 3.63) is 23.8 Å². The van der Waals surface area contributed by atoms with Crippen LogP contribution in [-0.2, 0) is 6.54 Å². The quantitative estimate of drug-likeness (QED) is 0.833. The number of aliphatic hydroxyl groups excluding tert-OH is 1. The van der Waals surface area contributed by atoms with Gasteiger partial charge in [0.05, 0.1) is 19.8 Å². The van der Waals surface area contributed by atoms with E-state index in [2.05, 4.69) is 4.90 Å². The van der Waals surface area contributed by atoms with E-state index in [9.17, 15) is 0 Å². The fourth-order valence-electron chi connectivity index (χ4n) is 2.23. The lowest BCUT2D eigenvalue weighted by atomic mass is 10.00. The molecule has 1 aliphatic rings. The Morgan fingerprint density at radius 2 is 1.82 bits per heavy atom. The average Bonchev–Trinajstić information content (AvgIpc) is 2.32. The van der Waals surface area contributed by atoms with Crippen LogP contribution in [0.25, 0.3) is 0 Å². The molecule has 1 heterocycles. The monoisotopic (exact) mass is 237 g/mol. The zero-order chi connectivity index (χ0) is 12.3. The van der Waals surface area contributed by atoms with Crippen molar-refractivity contribution in [1.29, 1.82) is 0 Å². The van der Waals surface area contributed by atoms with E-state index in [0.717, 1.165) is 36.7 Å².